The van der Waals surface area contributed by atoms with Crippen LogP contribution >= 0.6 is 0 Å². The van der Waals surface area contributed by atoms with Crippen molar-refractivity contribution in [3.8, 4) is 0 Å². The number of hydrogen-bond donors (Lipinski definition) is 2. The molecule has 3 fully saturated rings. The molecule has 2 N–H and O–H groups in total. The minimum absolute atomic E-state index is 0.309. The molecule has 1 saturated heterocycles. The molecule has 0 atom stereocenters. The van der Waals surface area contributed by atoms with Crippen LogP contribution < -0.4 is 4.72 Å². The van der Waals surface area contributed by atoms with Crippen molar-refractivity contribution >= 4 is 16.2 Å². The zero-order valence-electron chi connectivity index (χ0n) is 12.2. The molecule has 2 saturated carbocycles. The van der Waals surface area contributed by atoms with E-state index in [1.165, 1.54) is 30.0 Å². The topological polar surface area (TPSA) is 86.7 Å². The second-order valence-electron chi connectivity index (χ2n) is 6.70. The maximum absolute atomic E-state index is 12.3. The Balaban J connectivity index is 1.51. The van der Waals surface area contributed by atoms with Gasteiger partial charge in [-0.1, -0.05) is 0 Å². The highest BCUT2D eigenvalue weighted by atomic mass is 32.2. The number of nitrogens with zero attached hydrogens (tertiary/aromatic N) is 1. The number of piperidine rings is 1. The molecule has 21 heavy (non-hydrogen) atoms. The SMILES string of the molecule is O=C(O)C1CCN(S(=O)(=O)NCC(C2CC2)C2CC2)CC1. The highest BCUT2D eigenvalue weighted by Gasteiger charge is 2.42. The Kier molecular flexibility index (Phi) is 4.25. The highest BCUT2D eigenvalue weighted by Crippen LogP contribution is 2.48. The van der Waals surface area contributed by atoms with Crippen molar-refractivity contribution in [1.82, 2.24) is 9.03 Å². The summed E-state index contributed by atoms with van der Waals surface area (Å²) in [6, 6.07) is 0. The molecular formula is C14H24N2O4S. The van der Waals surface area contributed by atoms with Crippen molar-refractivity contribution < 1.29 is 18.3 Å². The van der Waals surface area contributed by atoms with Crippen LogP contribution in [-0.2, 0) is 15.0 Å². The third-order valence-corrected chi connectivity index (χ3v) is 6.68. The van der Waals surface area contributed by atoms with Crippen molar-refractivity contribution in [2.75, 3.05) is 19.6 Å². The molecule has 0 spiro atoms. The molecule has 6 nitrogen and oxygen atoms in total. The molecule has 1 heterocycles. The van der Waals surface area contributed by atoms with Gasteiger partial charge in [0.1, 0.15) is 0 Å². The van der Waals surface area contributed by atoms with E-state index >= 15 is 0 Å². The monoisotopic (exact) mass is 316 g/mol. The van der Waals surface area contributed by atoms with Crippen LogP contribution in [0.2, 0.25) is 0 Å². The van der Waals surface area contributed by atoms with Gasteiger partial charge in [-0.05, 0) is 56.3 Å². The van der Waals surface area contributed by atoms with Gasteiger partial charge < -0.3 is 5.11 Å². The van der Waals surface area contributed by atoms with Gasteiger partial charge in [0, 0.05) is 19.6 Å². The Morgan fingerprint density at radius 3 is 2.05 bits per heavy atom. The van der Waals surface area contributed by atoms with Gasteiger partial charge in [-0.25, -0.2) is 4.72 Å². The van der Waals surface area contributed by atoms with E-state index in [1.807, 2.05) is 0 Å². The number of rotatable bonds is 7. The summed E-state index contributed by atoms with van der Waals surface area (Å²) < 4.78 is 28.8. The Hall–Kier alpha value is -0.660. The summed E-state index contributed by atoms with van der Waals surface area (Å²) in [5.41, 5.74) is 0. The van der Waals surface area contributed by atoms with Gasteiger partial charge in [0.05, 0.1) is 5.92 Å². The zero-order chi connectivity index (χ0) is 15.0. The number of hydrogen-bond acceptors (Lipinski definition) is 3. The van der Waals surface area contributed by atoms with Crippen LogP contribution in [0.4, 0.5) is 0 Å². The van der Waals surface area contributed by atoms with Gasteiger partial charge in [0.15, 0.2) is 0 Å². The zero-order valence-corrected chi connectivity index (χ0v) is 13.0. The van der Waals surface area contributed by atoms with E-state index < -0.39 is 22.1 Å². The maximum Gasteiger partial charge on any atom is 0.306 e. The second kappa shape index (κ2) is 5.85. The molecule has 2 aliphatic carbocycles. The number of carboxylic acid groups (broad SMARTS) is 1. The molecule has 0 amide bonds. The van der Waals surface area contributed by atoms with Crippen molar-refractivity contribution in [2.45, 2.75) is 38.5 Å². The summed E-state index contributed by atoms with van der Waals surface area (Å²) in [7, 11) is -3.45. The minimum atomic E-state index is -3.45. The quantitative estimate of drug-likeness (QED) is 0.735. The van der Waals surface area contributed by atoms with Crippen LogP contribution in [0, 0.1) is 23.7 Å². The summed E-state index contributed by atoms with van der Waals surface area (Å²) >= 11 is 0. The van der Waals surface area contributed by atoms with E-state index in [-0.39, 0.29) is 0 Å². The lowest BCUT2D eigenvalue weighted by atomic mass is 9.98. The van der Waals surface area contributed by atoms with Gasteiger partial charge in [0.25, 0.3) is 10.2 Å². The maximum atomic E-state index is 12.3. The molecule has 3 rings (SSSR count). The standard InChI is InChI=1S/C14H24N2O4S/c17-14(18)12-5-7-16(8-6-12)21(19,20)15-9-13(10-1-2-10)11-3-4-11/h10-13,15H,1-9H2,(H,17,18). The van der Waals surface area contributed by atoms with Gasteiger partial charge in [-0.3, -0.25) is 4.79 Å². The fourth-order valence-electron chi connectivity index (χ4n) is 3.40. The lowest BCUT2D eigenvalue weighted by molar-refractivity contribution is -0.142. The minimum Gasteiger partial charge on any atom is -0.481 e. The summed E-state index contributed by atoms with van der Waals surface area (Å²) in [6.07, 6.45) is 5.79. The molecule has 0 aromatic heterocycles. The lowest BCUT2D eigenvalue weighted by Gasteiger charge is -2.30. The molecule has 0 aromatic carbocycles. The van der Waals surface area contributed by atoms with Crippen LogP contribution in [-0.4, -0.2) is 43.4 Å². The number of carbonyl (C=O) groups is 1. The molecule has 0 bridgehead atoms. The van der Waals surface area contributed by atoms with Crippen molar-refractivity contribution in [1.29, 1.82) is 0 Å². The fourth-order valence-corrected chi connectivity index (χ4v) is 4.68. The van der Waals surface area contributed by atoms with Crippen LogP contribution in [0.25, 0.3) is 0 Å². The van der Waals surface area contributed by atoms with Gasteiger partial charge >= 0.3 is 5.97 Å². The van der Waals surface area contributed by atoms with Crippen molar-refractivity contribution in [3.63, 3.8) is 0 Å². The lowest BCUT2D eigenvalue weighted by Crippen LogP contribution is -2.47. The molecule has 0 unspecified atom stereocenters. The molecule has 120 valence electrons. The van der Waals surface area contributed by atoms with Crippen molar-refractivity contribution in [2.24, 2.45) is 23.7 Å². The summed E-state index contributed by atoms with van der Waals surface area (Å²) in [5.74, 6) is 0.733. The van der Waals surface area contributed by atoms with Crippen LogP contribution in [0.5, 0.6) is 0 Å². The average Bonchev–Trinajstić information content (AvgIpc) is 3.32. The summed E-state index contributed by atoms with van der Waals surface area (Å²) in [5, 5.41) is 8.96. The predicted octanol–water partition coefficient (Wildman–Crippen LogP) is 1.05. The van der Waals surface area contributed by atoms with E-state index in [0.717, 1.165) is 11.8 Å². The fraction of sp³-hybridized carbons (Fsp3) is 0.929. The Morgan fingerprint density at radius 2 is 1.62 bits per heavy atom. The van der Waals surface area contributed by atoms with Crippen LogP contribution in [0.15, 0.2) is 0 Å². The molecule has 7 heteroatoms. The number of carboxylic acids is 1. The van der Waals surface area contributed by atoms with E-state index in [0.29, 0.717) is 38.4 Å². The normalized spacial score (nSPS) is 25.4. The Morgan fingerprint density at radius 1 is 1.10 bits per heavy atom. The van der Waals surface area contributed by atoms with Gasteiger partial charge in [-0.2, -0.15) is 12.7 Å². The third-order valence-electron chi connectivity index (χ3n) is 5.10. The van der Waals surface area contributed by atoms with Crippen molar-refractivity contribution in [3.05, 3.63) is 0 Å². The first kappa shape index (κ1) is 15.2. The molecule has 0 radical (unpaired) electrons. The molecule has 1 aliphatic heterocycles. The predicted molar refractivity (Wildman–Crippen MR) is 77.8 cm³/mol. The third kappa shape index (κ3) is 3.76. The summed E-state index contributed by atoms with van der Waals surface area (Å²) in [6.45, 7) is 1.17. The Bertz CT molecular complexity index is 479. The van der Waals surface area contributed by atoms with E-state index in [1.54, 1.807) is 0 Å². The second-order valence-corrected chi connectivity index (χ2v) is 8.46. The van der Waals surface area contributed by atoms with E-state index in [4.69, 9.17) is 5.11 Å². The largest absolute Gasteiger partial charge is 0.481 e. The molecule has 3 aliphatic rings. The number of nitrogens with one attached hydrogen (secondary N) is 1. The smallest absolute Gasteiger partial charge is 0.306 e. The molecular weight excluding hydrogens is 292 g/mol. The van der Waals surface area contributed by atoms with Gasteiger partial charge in [0.2, 0.25) is 0 Å². The van der Waals surface area contributed by atoms with E-state index in [2.05, 4.69) is 4.72 Å². The molecule has 0 aromatic rings. The van der Waals surface area contributed by atoms with Crippen LogP contribution in [0.1, 0.15) is 38.5 Å². The van der Waals surface area contributed by atoms with E-state index in [9.17, 15) is 13.2 Å². The Labute approximate surface area is 126 Å². The first-order chi connectivity index (χ1) is 9.97. The van der Waals surface area contributed by atoms with Gasteiger partial charge in [-0.15, -0.1) is 0 Å². The number of aliphatic carboxylic acids is 1. The highest BCUT2D eigenvalue weighted by molar-refractivity contribution is 7.87. The first-order valence-corrected chi connectivity index (χ1v) is 9.39. The summed E-state index contributed by atoms with van der Waals surface area (Å²) in [4.78, 5) is 10.9. The van der Waals surface area contributed by atoms with Crippen LogP contribution in [0.3, 0.4) is 0 Å². The average molecular weight is 316 g/mol. The first-order valence-electron chi connectivity index (χ1n) is 7.95.